The van der Waals surface area contributed by atoms with Crippen LogP contribution < -0.4 is 10.1 Å². The van der Waals surface area contributed by atoms with Crippen LogP contribution in [-0.2, 0) is 4.79 Å². The minimum absolute atomic E-state index is 0.0888. The lowest BCUT2D eigenvalue weighted by Gasteiger charge is -2.07. The Hall–Kier alpha value is -3.40. The molecule has 0 atom stereocenters. The van der Waals surface area contributed by atoms with Crippen molar-refractivity contribution in [2.45, 2.75) is 6.92 Å². The molecule has 0 saturated carbocycles. The van der Waals surface area contributed by atoms with Crippen LogP contribution in [-0.4, -0.2) is 18.7 Å². The summed E-state index contributed by atoms with van der Waals surface area (Å²) in [4.78, 5) is 16.3. The molecule has 0 aliphatic heterocycles. The van der Waals surface area contributed by atoms with Crippen LogP contribution in [0.15, 0.2) is 71.7 Å². The van der Waals surface area contributed by atoms with E-state index in [2.05, 4.69) is 17.4 Å². The van der Waals surface area contributed by atoms with Crippen LogP contribution in [0.25, 0.3) is 11.1 Å². The maximum Gasteiger partial charge on any atom is 0.221 e. The number of methoxy groups -OCH3 is 1. The SMILES string of the molecule is COc1ccc(N=C2c3ccccc3-c3ccc(NC(C)=O)cc32)cc1. The minimum Gasteiger partial charge on any atom is -0.497 e. The molecule has 0 heterocycles. The number of amides is 1. The monoisotopic (exact) mass is 342 g/mol. The van der Waals surface area contributed by atoms with Gasteiger partial charge in [0.15, 0.2) is 0 Å². The summed E-state index contributed by atoms with van der Waals surface area (Å²) >= 11 is 0. The lowest BCUT2D eigenvalue weighted by Crippen LogP contribution is -2.06. The maximum atomic E-state index is 11.4. The normalized spacial score (nSPS) is 13.2. The molecule has 0 unspecified atom stereocenters. The van der Waals surface area contributed by atoms with Crippen molar-refractivity contribution in [2.75, 3.05) is 12.4 Å². The highest BCUT2D eigenvalue weighted by molar-refractivity contribution is 6.25. The van der Waals surface area contributed by atoms with Gasteiger partial charge in [-0.15, -0.1) is 0 Å². The summed E-state index contributed by atoms with van der Waals surface area (Å²) in [6.07, 6.45) is 0. The molecule has 4 heteroatoms. The van der Waals surface area contributed by atoms with Gasteiger partial charge in [-0.3, -0.25) is 4.79 Å². The van der Waals surface area contributed by atoms with Crippen molar-refractivity contribution >= 4 is 23.0 Å². The van der Waals surface area contributed by atoms with E-state index in [4.69, 9.17) is 9.73 Å². The van der Waals surface area contributed by atoms with Gasteiger partial charge in [-0.1, -0.05) is 30.3 Å². The Kier molecular flexibility index (Phi) is 4.01. The summed E-state index contributed by atoms with van der Waals surface area (Å²) in [6, 6.07) is 21.8. The Morgan fingerprint density at radius 2 is 1.58 bits per heavy atom. The van der Waals surface area contributed by atoms with E-state index in [0.29, 0.717) is 0 Å². The molecule has 0 saturated heterocycles. The number of aliphatic imine (C=N–C) groups is 1. The molecule has 3 aromatic carbocycles. The van der Waals surface area contributed by atoms with Crippen LogP contribution >= 0.6 is 0 Å². The summed E-state index contributed by atoms with van der Waals surface area (Å²) in [6.45, 7) is 1.51. The molecule has 0 radical (unpaired) electrons. The fourth-order valence-electron chi connectivity index (χ4n) is 3.23. The fourth-order valence-corrected chi connectivity index (χ4v) is 3.23. The molecule has 1 amide bonds. The first-order chi connectivity index (χ1) is 12.7. The Balaban J connectivity index is 1.85. The number of fused-ring (bicyclic) bond motifs is 3. The van der Waals surface area contributed by atoms with Crippen LogP contribution in [0.5, 0.6) is 5.75 Å². The highest BCUT2D eigenvalue weighted by atomic mass is 16.5. The minimum atomic E-state index is -0.0888. The third kappa shape index (κ3) is 2.86. The number of hydrogen-bond donors (Lipinski definition) is 1. The van der Waals surface area contributed by atoms with Gasteiger partial charge in [0, 0.05) is 23.7 Å². The quantitative estimate of drug-likeness (QED) is 0.581. The van der Waals surface area contributed by atoms with E-state index in [1.165, 1.54) is 6.92 Å². The number of rotatable bonds is 3. The average Bonchev–Trinajstić information content (AvgIpc) is 2.95. The van der Waals surface area contributed by atoms with Crippen molar-refractivity contribution < 1.29 is 9.53 Å². The van der Waals surface area contributed by atoms with E-state index < -0.39 is 0 Å². The molecule has 128 valence electrons. The highest BCUT2D eigenvalue weighted by Crippen LogP contribution is 2.39. The van der Waals surface area contributed by atoms with Crippen LogP contribution in [0, 0.1) is 0 Å². The van der Waals surface area contributed by atoms with Gasteiger partial charge in [0.25, 0.3) is 0 Å². The molecule has 1 aliphatic rings. The van der Waals surface area contributed by atoms with Gasteiger partial charge in [-0.25, -0.2) is 4.99 Å². The van der Waals surface area contributed by atoms with Crippen molar-refractivity contribution in [3.05, 3.63) is 77.9 Å². The van der Waals surface area contributed by atoms with Crippen LogP contribution in [0.3, 0.4) is 0 Å². The standard InChI is InChI=1S/C22H18N2O2/c1-14(25)23-16-9-12-19-18-5-3-4-6-20(18)22(21(19)13-16)24-15-7-10-17(26-2)11-8-15/h3-13H,1-2H3,(H,23,25). The summed E-state index contributed by atoms with van der Waals surface area (Å²) in [7, 11) is 1.65. The summed E-state index contributed by atoms with van der Waals surface area (Å²) < 4.78 is 5.22. The predicted molar refractivity (Wildman–Crippen MR) is 104 cm³/mol. The zero-order valence-electron chi connectivity index (χ0n) is 14.6. The van der Waals surface area contributed by atoms with E-state index in [1.54, 1.807) is 7.11 Å². The zero-order chi connectivity index (χ0) is 18.1. The maximum absolute atomic E-state index is 11.4. The molecule has 0 fully saturated rings. The molecule has 1 aliphatic carbocycles. The van der Waals surface area contributed by atoms with E-state index in [1.807, 2.05) is 54.6 Å². The topological polar surface area (TPSA) is 50.7 Å². The zero-order valence-corrected chi connectivity index (χ0v) is 14.6. The second-order valence-electron chi connectivity index (χ2n) is 6.15. The van der Waals surface area contributed by atoms with Crippen LogP contribution in [0.4, 0.5) is 11.4 Å². The van der Waals surface area contributed by atoms with Crippen molar-refractivity contribution in [3.63, 3.8) is 0 Å². The van der Waals surface area contributed by atoms with Gasteiger partial charge >= 0.3 is 0 Å². The summed E-state index contributed by atoms with van der Waals surface area (Å²) in [5, 5.41) is 2.85. The van der Waals surface area contributed by atoms with Crippen molar-refractivity contribution in [1.82, 2.24) is 0 Å². The lowest BCUT2D eigenvalue weighted by molar-refractivity contribution is -0.114. The van der Waals surface area contributed by atoms with Gasteiger partial charge in [-0.2, -0.15) is 0 Å². The number of benzene rings is 3. The Labute approximate surface area is 152 Å². The van der Waals surface area contributed by atoms with Gasteiger partial charge in [-0.05, 0) is 47.5 Å². The second-order valence-corrected chi connectivity index (χ2v) is 6.15. The van der Waals surface area contributed by atoms with Crippen molar-refractivity contribution in [2.24, 2.45) is 4.99 Å². The Morgan fingerprint density at radius 3 is 2.27 bits per heavy atom. The predicted octanol–water partition coefficient (Wildman–Crippen LogP) is 4.80. The van der Waals surface area contributed by atoms with Crippen LogP contribution in [0.2, 0.25) is 0 Å². The number of carbonyl (C=O) groups excluding carboxylic acids is 1. The Morgan fingerprint density at radius 1 is 0.885 bits per heavy atom. The number of nitrogens with zero attached hydrogens (tertiary/aromatic N) is 1. The number of anilines is 1. The average molecular weight is 342 g/mol. The van der Waals surface area contributed by atoms with E-state index in [-0.39, 0.29) is 5.91 Å². The summed E-state index contributed by atoms with van der Waals surface area (Å²) in [5.41, 5.74) is 6.94. The molecule has 4 nitrogen and oxygen atoms in total. The lowest BCUT2D eigenvalue weighted by atomic mass is 10.1. The third-order valence-corrected chi connectivity index (χ3v) is 4.38. The number of nitrogens with one attached hydrogen (secondary N) is 1. The number of hydrogen-bond acceptors (Lipinski definition) is 3. The Bertz CT molecular complexity index is 1020. The summed E-state index contributed by atoms with van der Waals surface area (Å²) in [5.74, 6) is 0.711. The molecular weight excluding hydrogens is 324 g/mol. The van der Waals surface area contributed by atoms with Gasteiger partial charge in [0.1, 0.15) is 5.75 Å². The third-order valence-electron chi connectivity index (χ3n) is 4.38. The fraction of sp³-hybridized carbons (Fsp3) is 0.0909. The number of ether oxygens (including phenoxy) is 1. The van der Waals surface area contributed by atoms with Gasteiger partial charge in [0.05, 0.1) is 18.5 Å². The molecule has 0 aromatic heterocycles. The van der Waals surface area contributed by atoms with Gasteiger partial charge < -0.3 is 10.1 Å². The molecule has 3 aromatic rings. The van der Waals surface area contributed by atoms with Crippen molar-refractivity contribution in [3.8, 4) is 16.9 Å². The molecule has 1 N–H and O–H groups in total. The molecule has 26 heavy (non-hydrogen) atoms. The largest absolute Gasteiger partial charge is 0.497 e. The highest BCUT2D eigenvalue weighted by Gasteiger charge is 2.25. The first-order valence-corrected chi connectivity index (χ1v) is 8.40. The molecular formula is C22H18N2O2. The first-order valence-electron chi connectivity index (χ1n) is 8.40. The smallest absolute Gasteiger partial charge is 0.221 e. The van der Waals surface area contributed by atoms with E-state index in [9.17, 15) is 4.79 Å². The van der Waals surface area contributed by atoms with Gasteiger partial charge in [0.2, 0.25) is 5.91 Å². The molecule has 0 bridgehead atoms. The van der Waals surface area contributed by atoms with E-state index in [0.717, 1.165) is 45.1 Å². The van der Waals surface area contributed by atoms with E-state index >= 15 is 0 Å². The molecule has 0 spiro atoms. The second kappa shape index (κ2) is 6.48. The first kappa shape index (κ1) is 16.1. The molecule has 4 rings (SSSR count). The van der Waals surface area contributed by atoms with Crippen LogP contribution in [0.1, 0.15) is 18.1 Å². The van der Waals surface area contributed by atoms with Crippen molar-refractivity contribution in [1.29, 1.82) is 0 Å². The number of carbonyl (C=O) groups is 1.